The smallest absolute Gasteiger partial charge is 0.144 e. The summed E-state index contributed by atoms with van der Waals surface area (Å²) >= 11 is 1.70. The molecule has 0 saturated carbocycles. The molecule has 0 fully saturated rings. The van der Waals surface area contributed by atoms with E-state index in [0.29, 0.717) is 0 Å². The van der Waals surface area contributed by atoms with Gasteiger partial charge in [0.2, 0.25) is 0 Å². The molecule has 0 aliphatic carbocycles. The predicted octanol–water partition coefficient (Wildman–Crippen LogP) is 3.40. The highest BCUT2D eigenvalue weighted by Gasteiger charge is 2.05. The SMILES string of the molecule is C1=CS[C](Nc2ccccc2)C=C1. The molecule has 0 bridgehead atoms. The first-order valence-electron chi connectivity index (χ1n) is 4.14. The Kier molecular flexibility index (Phi) is 2.72. The first kappa shape index (κ1) is 8.45. The number of hydrogen-bond acceptors (Lipinski definition) is 2. The molecule has 1 radical (unpaired) electrons. The fourth-order valence-electron chi connectivity index (χ4n) is 1.08. The molecule has 0 aromatic heterocycles. The van der Waals surface area contributed by atoms with E-state index in [9.17, 15) is 0 Å². The first-order chi connectivity index (χ1) is 6.45. The Morgan fingerprint density at radius 2 is 1.85 bits per heavy atom. The number of thioether (sulfide) groups is 1. The van der Waals surface area contributed by atoms with Crippen molar-refractivity contribution in [2.24, 2.45) is 0 Å². The van der Waals surface area contributed by atoms with Crippen LogP contribution in [0.1, 0.15) is 0 Å². The minimum Gasteiger partial charge on any atom is -0.364 e. The van der Waals surface area contributed by atoms with Crippen molar-refractivity contribution >= 4 is 17.4 Å². The molecule has 13 heavy (non-hydrogen) atoms. The van der Waals surface area contributed by atoms with Crippen molar-refractivity contribution in [3.63, 3.8) is 0 Å². The van der Waals surface area contributed by atoms with E-state index < -0.39 is 0 Å². The first-order valence-corrected chi connectivity index (χ1v) is 5.02. The van der Waals surface area contributed by atoms with Gasteiger partial charge in [-0.1, -0.05) is 42.1 Å². The van der Waals surface area contributed by atoms with Gasteiger partial charge in [-0.25, -0.2) is 0 Å². The van der Waals surface area contributed by atoms with E-state index in [2.05, 4.69) is 28.9 Å². The average Bonchev–Trinajstić information content (AvgIpc) is 2.21. The third kappa shape index (κ3) is 2.39. The minimum atomic E-state index is 1.13. The molecule has 0 atom stereocenters. The van der Waals surface area contributed by atoms with Crippen LogP contribution in [-0.4, -0.2) is 0 Å². The minimum absolute atomic E-state index is 1.13. The van der Waals surface area contributed by atoms with Crippen LogP contribution in [0.25, 0.3) is 0 Å². The lowest BCUT2D eigenvalue weighted by Gasteiger charge is -2.13. The van der Waals surface area contributed by atoms with Gasteiger partial charge in [0, 0.05) is 5.69 Å². The summed E-state index contributed by atoms with van der Waals surface area (Å²) in [6.07, 6.45) is 6.13. The maximum atomic E-state index is 3.32. The fourth-order valence-corrected chi connectivity index (χ4v) is 1.72. The molecular formula is C11H10NS. The number of allylic oxidation sites excluding steroid dienone is 2. The molecule has 1 nitrogen and oxygen atoms in total. The van der Waals surface area contributed by atoms with Gasteiger partial charge in [-0.05, 0) is 23.6 Å². The lowest BCUT2D eigenvalue weighted by atomic mass is 10.3. The molecular weight excluding hydrogens is 178 g/mol. The summed E-state index contributed by atoms with van der Waals surface area (Å²) in [6, 6.07) is 10.2. The molecule has 1 aromatic rings. The molecule has 2 heteroatoms. The van der Waals surface area contributed by atoms with Gasteiger partial charge in [0.15, 0.2) is 0 Å². The van der Waals surface area contributed by atoms with Crippen LogP contribution in [0.4, 0.5) is 5.69 Å². The van der Waals surface area contributed by atoms with Crippen molar-refractivity contribution in [3.05, 3.63) is 59.3 Å². The standard InChI is InChI=1S/C11H10NS/c1-2-6-10(7-3-1)12-11-8-4-5-9-13-11/h1-9,12H. The highest BCUT2D eigenvalue weighted by Crippen LogP contribution is 2.26. The number of rotatable bonds is 2. The summed E-state index contributed by atoms with van der Waals surface area (Å²) in [6.45, 7) is 0. The number of benzene rings is 1. The topological polar surface area (TPSA) is 12.0 Å². The summed E-state index contributed by atoms with van der Waals surface area (Å²) in [5.74, 6) is 0. The van der Waals surface area contributed by atoms with E-state index in [0.717, 1.165) is 11.1 Å². The quantitative estimate of drug-likeness (QED) is 0.763. The van der Waals surface area contributed by atoms with E-state index >= 15 is 0 Å². The zero-order valence-corrected chi connectivity index (χ0v) is 7.92. The van der Waals surface area contributed by atoms with Crippen LogP contribution in [0.15, 0.2) is 54.0 Å². The van der Waals surface area contributed by atoms with Crippen molar-refractivity contribution in [1.29, 1.82) is 0 Å². The Morgan fingerprint density at radius 3 is 2.54 bits per heavy atom. The van der Waals surface area contributed by atoms with Gasteiger partial charge in [-0.15, -0.1) is 0 Å². The Balaban J connectivity index is 1.99. The van der Waals surface area contributed by atoms with E-state index in [1.54, 1.807) is 11.8 Å². The monoisotopic (exact) mass is 188 g/mol. The number of hydrogen-bond donors (Lipinski definition) is 1. The highest BCUT2D eigenvalue weighted by molar-refractivity contribution is 8.05. The van der Waals surface area contributed by atoms with Gasteiger partial charge in [0.1, 0.15) is 5.37 Å². The van der Waals surface area contributed by atoms with E-state index in [4.69, 9.17) is 0 Å². The largest absolute Gasteiger partial charge is 0.364 e. The molecule has 0 unspecified atom stereocenters. The summed E-state index contributed by atoms with van der Waals surface area (Å²) in [5.41, 5.74) is 1.13. The van der Waals surface area contributed by atoms with Crippen molar-refractivity contribution in [1.82, 2.24) is 0 Å². The third-order valence-electron chi connectivity index (χ3n) is 1.67. The molecule has 1 N–H and O–H groups in total. The van der Waals surface area contributed by atoms with Crippen LogP contribution in [0.2, 0.25) is 0 Å². The second-order valence-corrected chi connectivity index (χ2v) is 3.61. The van der Waals surface area contributed by atoms with Gasteiger partial charge in [0.05, 0.1) is 0 Å². The van der Waals surface area contributed by atoms with E-state index in [1.165, 1.54) is 0 Å². The molecule has 1 aromatic carbocycles. The van der Waals surface area contributed by atoms with E-state index in [1.807, 2.05) is 30.4 Å². The van der Waals surface area contributed by atoms with Gasteiger partial charge in [0.25, 0.3) is 0 Å². The molecule has 2 rings (SSSR count). The average molecular weight is 188 g/mol. The zero-order valence-electron chi connectivity index (χ0n) is 7.10. The summed E-state index contributed by atoms with van der Waals surface area (Å²) in [7, 11) is 0. The van der Waals surface area contributed by atoms with Crippen LogP contribution < -0.4 is 5.32 Å². The normalized spacial score (nSPS) is 16.0. The van der Waals surface area contributed by atoms with Crippen molar-refractivity contribution in [3.8, 4) is 0 Å². The Morgan fingerprint density at radius 1 is 1.00 bits per heavy atom. The third-order valence-corrected chi connectivity index (χ3v) is 2.46. The van der Waals surface area contributed by atoms with Gasteiger partial charge < -0.3 is 5.32 Å². The lowest BCUT2D eigenvalue weighted by Crippen LogP contribution is -2.03. The fraction of sp³-hybridized carbons (Fsp3) is 0. The zero-order chi connectivity index (χ0) is 8.93. The second kappa shape index (κ2) is 4.19. The van der Waals surface area contributed by atoms with Gasteiger partial charge in [-0.2, -0.15) is 0 Å². The summed E-state index contributed by atoms with van der Waals surface area (Å²) in [5, 5.41) is 6.54. The van der Waals surface area contributed by atoms with E-state index in [-0.39, 0.29) is 0 Å². The molecule has 65 valence electrons. The number of anilines is 1. The predicted molar refractivity (Wildman–Crippen MR) is 59.2 cm³/mol. The Bertz CT molecular complexity index is 316. The summed E-state index contributed by atoms with van der Waals surface area (Å²) in [4.78, 5) is 0. The molecule has 1 heterocycles. The number of nitrogens with one attached hydrogen (secondary N) is 1. The van der Waals surface area contributed by atoms with Crippen LogP contribution in [0, 0.1) is 5.37 Å². The summed E-state index contributed by atoms with van der Waals surface area (Å²) < 4.78 is 0. The van der Waals surface area contributed by atoms with Gasteiger partial charge >= 0.3 is 0 Å². The van der Waals surface area contributed by atoms with Crippen molar-refractivity contribution in [2.75, 3.05) is 5.32 Å². The highest BCUT2D eigenvalue weighted by atomic mass is 32.2. The van der Waals surface area contributed by atoms with Crippen LogP contribution in [-0.2, 0) is 0 Å². The number of para-hydroxylation sites is 1. The molecule has 0 spiro atoms. The van der Waals surface area contributed by atoms with Crippen LogP contribution in [0.3, 0.4) is 0 Å². The molecule has 1 aliphatic heterocycles. The maximum absolute atomic E-state index is 3.32. The maximum Gasteiger partial charge on any atom is 0.144 e. The van der Waals surface area contributed by atoms with Crippen molar-refractivity contribution < 1.29 is 0 Å². The lowest BCUT2D eigenvalue weighted by molar-refractivity contribution is 1.44. The molecule has 1 aliphatic rings. The van der Waals surface area contributed by atoms with Crippen molar-refractivity contribution in [2.45, 2.75) is 0 Å². The Hall–Kier alpha value is -1.15. The molecule has 0 saturated heterocycles. The van der Waals surface area contributed by atoms with Gasteiger partial charge in [-0.3, -0.25) is 0 Å². The van der Waals surface area contributed by atoms with Crippen LogP contribution in [0.5, 0.6) is 0 Å². The Labute approximate surface area is 82.5 Å². The van der Waals surface area contributed by atoms with Crippen LogP contribution >= 0.6 is 11.8 Å². The second-order valence-electron chi connectivity index (χ2n) is 2.66. The molecule has 0 amide bonds.